The first-order valence-electron chi connectivity index (χ1n) is 5.83. The first-order valence-corrected chi connectivity index (χ1v) is 5.83. The summed E-state index contributed by atoms with van der Waals surface area (Å²) in [5, 5.41) is 0. The van der Waals surface area contributed by atoms with E-state index in [4.69, 9.17) is 5.73 Å². The van der Waals surface area contributed by atoms with Crippen LogP contribution >= 0.6 is 0 Å². The number of halogens is 2. The molecule has 2 aromatic rings. The van der Waals surface area contributed by atoms with Crippen molar-refractivity contribution in [3.8, 4) is 0 Å². The topological polar surface area (TPSA) is 56.2 Å². The molecule has 3 rings (SSSR count). The van der Waals surface area contributed by atoms with Crippen molar-refractivity contribution in [2.75, 3.05) is 6.67 Å². The molecule has 2 heterocycles. The van der Waals surface area contributed by atoms with E-state index in [1.165, 1.54) is 12.1 Å². The third-order valence-corrected chi connectivity index (χ3v) is 3.34. The van der Waals surface area contributed by atoms with E-state index >= 15 is 0 Å². The maximum Gasteiger partial charge on any atom is 0.145 e. The van der Waals surface area contributed by atoms with Crippen LogP contribution in [0.5, 0.6) is 0 Å². The zero-order chi connectivity index (χ0) is 13.5. The predicted octanol–water partition coefficient (Wildman–Crippen LogP) is 1.61. The Morgan fingerprint density at radius 2 is 2.16 bits per heavy atom. The molecule has 1 aromatic carbocycles. The Morgan fingerprint density at radius 1 is 1.37 bits per heavy atom. The van der Waals surface area contributed by atoms with Gasteiger partial charge in [0.1, 0.15) is 29.6 Å². The predicted molar refractivity (Wildman–Crippen MR) is 67.0 cm³/mol. The van der Waals surface area contributed by atoms with Gasteiger partial charge in [-0.2, -0.15) is 0 Å². The lowest BCUT2D eigenvalue weighted by atomic mass is 9.90. The van der Waals surface area contributed by atoms with Crippen LogP contribution in [0, 0.1) is 5.82 Å². The van der Waals surface area contributed by atoms with E-state index in [0.29, 0.717) is 5.69 Å². The number of aromatic nitrogens is 2. The second-order valence-electron chi connectivity index (χ2n) is 4.55. The molecule has 0 radical (unpaired) electrons. The average Bonchev–Trinajstić information content (AvgIpc) is 2.87. The van der Waals surface area contributed by atoms with Gasteiger partial charge in [-0.1, -0.05) is 18.2 Å². The van der Waals surface area contributed by atoms with Crippen LogP contribution in [0.3, 0.4) is 0 Å². The SMILES string of the molecule is NC1=NC(CF)(c2ccccc2F)Cn2cncc21. The number of amidine groups is 1. The molecule has 0 spiro atoms. The van der Waals surface area contributed by atoms with Gasteiger partial charge in [-0.25, -0.2) is 13.8 Å². The number of imidazole rings is 1. The first-order chi connectivity index (χ1) is 9.16. The molecule has 19 heavy (non-hydrogen) atoms. The van der Waals surface area contributed by atoms with Gasteiger partial charge in [-0.05, 0) is 6.07 Å². The Labute approximate surface area is 108 Å². The van der Waals surface area contributed by atoms with Gasteiger partial charge < -0.3 is 10.3 Å². The zero-order valence-corrected chi connectivity index (χ0v) is 10.1. The summed E-state index contributed by atoms with van der Waals surface area (Å²) in [4.78, 5) is 8.15. The normalized spacial score (nSPS) is 21.9. The Bertz CT molecular complexity index is 650. The maximum atomic E-state index is 13.9. The van der Waals surface area contributed by atoms with Crippen molar-refractivity contribution in [3.05, 3.63) is 53.9 Å². The highest BCUT2D eigenvalue weighted by atomic mass is 19.1. The monoisotopic (exact) mass is 262 g/mol. The largest absolute Gasteiger partial charge is 0.382 e. The molecule has 0 saturated heterocycles. The van der Waals surface area contributed by atoms with E-state index in [2.05, 4.69) is 9.98 Å². The molecule has 0 amide bonds. The number of alkyl halides is 1. The second kappa shape index (κ2) is 4.15. The summed E-state index contributed by atoms with van der Waals surface area (Å²) >= 11 is 0. The van der Waals surface area contributed by atoms with Crippen molar-refractivity contribution >= 4 is 5.84 Å². The van der Waals surface area contributed by atoms with Crippen LogP contribution in [0.15, 0.2) is 41.8 Å². The van der Waals surface area contributed by atoms with Crippen LogP contribution < -0.4 is 5.73 Å². The van der Waals surface area contributed by atoms with E-state index in [1.54, 1.807) is 29.2 Å². The third-order valence-electron chi connectivity index (χ3n) is 3.34. The van der Waals surface area contributed by atoms with Crippen molar-refractivity contribution in [1.29, 1.82) is 0 Å². The van der Waals surface area contributed by atoms with Crippen molar-refractivity contribution in [2.45, 2.75) is 12.1 Å². The number of nitrogens with zero attached hydrogens (tertiary/aromatic N) is 3. The molecule has 98 valence electrons. The van der Waals surface area contributed by atoms with Crippen LogP contribution in [0.25, 0.3) is 0 Å². The van der Waals surface area contributed by atoms with Gasteiger partial charge >= 0.3 is 0 Å². The van der Waals surface area contributed by atoms with Crippen molar-refractivity contribution in [3.63, 3.8) is 0 Å². The van der Waals surface area contributed by atoms with E-state index in [1.807, 2.05) is 0 Å². The summed E-state index contributed by atoms with van der Waals surface area (Å²) in [7, 11) is 0. The number of rotatable bonds is 2. The summed E-state index contributed by atoms with van der Waals surface area (Å²) in [6.07, 6.45) is 3.10. The fraction of sp³-hybridized carbons (Fsp3) is 0.231. The van der Waals surface area contributed by atoms with Crippen LogP contribution in [0.2, 0.25) is 0 Å². The summed E-state index contributed by atoms with van der Waals surface area (Å²) in [6, 6.07) is 6.05. The summed E-state index contributed by atoms with van der Waals surface area (Å²) < 4.78 is 29.2. The van der Waals surface area contributed by atoms with Crippen molar-refractivity contribution < 1.29 is 8.78 Å². The smallest absolute Gasteiger partial charge is 0.145 e. The zero-order valence-electron chi connectivity index (χ0n) is 10.1. The van der Waals surface area contributed by atoms with Crippen molar-refractivity contribution in [1.82, 2.24) is 9.55 Å². The Kier molecular flexibility index (Phi) is 2.58. The van der Waals surface area contributed by atoms with Gasteiger partial charge in [0.05, 0.1) is 19.1 Å². The van der Waals surface area contributed by atoms with Gasteiger partial charge in [-0.3, -0.25) is 4.99 Å². The van der Waals surface area contributed by atoms with Gasteiger partial charge in [0.25, 0.3) is 0 Å². The quantitative estimate of drug-likeness (QED) is 0.893. The fourth-order valence-electron chi connectivity index (χ4n) is 2.39. The highest BCUT2D eigenvalue weighted by Crippen LogP contribution is 2.34. The number of nitrogens with two attached hydrogens (primary N) is 1. The molecule has 1 aliphatic heterocycles. The van der Waals surface area contributed by atoms with E-state index < -0.39 is 18.0 Å². The molecule has 0 bridgehead atoms. The molecule has 1 unspecified atom stereocenters. The summed E-state index contributed by atoms with van der Waals surface area (Å²) in [5.74, 6) is -0.315. The number of fused-ring (bicyclic) bond motifs is 1. The van der Waals surface area contributed by atoms with Crippen molar-refractivity contribution in [2.24, 2.45) is 10.7 Å². The minimum Gasteiger partial charge on any atom is -0.382 e. The number of benzene rings is 1. The molecule has 2 N–H and O–H groups in total. The standard InChI is InChI=1S/C13H12F2N4/c14-6-13(9-3-1-2-4-10(9)15)7-19-8-17-5-11(19)12(16)18-13/h1-5,8H,6-7H2,(H2,16,18). The molecule has 0 fully saturated rings. The maximum absolute atomic E-state index is 13.9. The lowest BCUT2D eigenvalue weighted by molar-refractivity contribution is 0.264. The molecule has 0 aliphatic carbocycles. The molecular weight excluding hydrogens is 250 g/mol. The first kappa shape index (κ1) is 11.8. The highest BCUT2D eigenvalue weighted by Gasteiger charge is 2.39. The number of hydrogen-bond donors (Lipinski definition) is 1. The van der Waals surface area contributed by atoms with Crippen LogP contribution in [0.4, 0.5) is 8.78 Å². The summed E-state index contributed by atoms with van der Waals surface area (Å²) in [6.45, 7) is -0.646. The molecule has 1 aliphatic rings. The van der Waals surface area contributed by atoms with Gasteiger partial charge in [0.15, 0.2) is 0 Å². The fourth-order valence-corrected chi connectivity index (χ4v) is 2.39. The number of hydrogen-bond acceptors (Lipinski definition) is 3. The van der Waals surface area contributed by atoms with Crippen LogP contribution in [0.1, 0.15) is 11.3 Å². The Balaban J connectivity index is 2.17. The number of aliphatic imine (C=N–C) groups is 1. The molecule has 1 aromatic heterocycles. The molecule has 0 saturated carbocycles. The van der Waals surface area contributed by atoms with E-state index in [-0.39, 0.29) is 17.9 Å². The van der Waals surface area contributed by atoms with Gasteiger partial charge in [0.2, 0.25) is 0 Å². The van der Waals surface area contributed by atoms with E-state index in [0.717, 1.165) is 0 Å². The summed E-state index contributed by atoms with van der Waals surface area (Å²) in [5.41, 5.74) is 5.35. The molecule has 6 heteroatoms. The second-order valence-corrected chi connectivity index (χ2v) is 4.55. The molecular formula is C13H12F2N4. The minimum absolute atomic E-state index is 0.171. The lowest BCUT2D eigenvalue weighted by Gasteiger charge is -2.32. The Morgan fingerprint density at radius 3 is 2.89 bits per heavy atom. The Hall–Kier alpha value is -2.24. The van der Waals surface area contributed by atoms with Crippen LogP contribution in [-0.4, -0.2) is 22.1 Å². The van der Waals surface area contributed by atoms with Gasteiger partial charge in [-0.15, -0.1) is 0 Å². The molecule has 1 atom stereocenters. The molecule has 4 nitrogen and oxygen atoms in total. The van der Waals surface area contributed by atoms with E-state index in [9.17, 15) is 8.78 Å². The van der Waals surface area contributed by atoms with Gasteiger partial charge in [0, 0.05) is 5.56 Å². The average molecular weight is 262 g/mol. The van der Waals surface area contributed by atoms with Crippen LogP contribution in [-0.2, 0) is 12.1 Å². The third kappa shape index (κ3) is 1.71. The lowest BCUT2D eigenvalue weighted by Crippen LogP contribution is -2.40. The highest BCUT2D eigenvalue weighted by molar-refractivity contribution is 5.96. The minimum atomic E-state index is -1.32.